The van der Waals surface area contributed by atoms with E-state index < -0.39 is 7.59 Å². The summed E-state index contributed by atoms with van der Waals surface area (Å²) < 4.78 is 11.0. The van der Waals surface area contributed by atoms with Crippen molar-refractivity contribution in [2.45, 2.75) is 0 Å². The molecular weight excluding hydrogens is 203 g/mol. The van der Waals surface area contributed by atoms with E-state index in [1.165, 1.54) is 12.1 Å². The second kappa shape index (κ2) is 3.88. The lowest BCUT2D eigenvalue weighted by molar-refractivity contribution is 0.477. The molecule has 0 saturated carbocycles. The topological polar surface area (TPSA) is 113 Å². The van der Waals surface area contributed by atoms with Crippen LogP contribution in [0.5, 0.6) is 5.75 Å². The van der Waals surface area contributed by atoms with Crippen LogP contribution in [0.2, 0.25) is 0 Å². The third kappa shape index (κ3) is 2.92. The zero-order valence-electron chi connectivity index (χ0n) is 7.69. The van der Waals surface area contributed by atoms with Crippen molar-refractivity contribution in [1.29, 1.82) is 0 Å². The van der Waals surface area contributed by atoms with Crippen LogP contribution in [-0.2, 0) is 4.57 Å². The van der Waals surface area contributed by atoms with E-state index >= 15 is 0 Å². The van der Waals surface area contributed by atoms with Crippen molar-refractivity contribution in [2.75, 3.05) is 17.5 Å². The van der Waals surface area contributed by atoms with Gasteiger partial charge in [0.25, 0.3) is 7.59 Å². The summed E-state index contributed by atoms with van der Waals surface area (Å²) in [6.45, 7) is 0. The molecule has 0 bridgehead atoms. The predicted octanol–water partition coefficient (Wildman–Crippen LogP) is 0.871. The molecule has 0 atom stereocenters. The molecular formula is C7H13N4O2P. The van der Waals surface area contributed by atoms with Crippen LogP contribution in [0.25, 0.3) is 0 Å². The minimum Gasteiger partial charge on any atom is -0.506 e. The lowest BCUT2D eigenvalue weighted by Gasteiger charge is -2.12. The van der Waals surface area contributed by atoms with E-state index in [1.807, 2.05) is 0 Å². The molecule has 14 heavy (non-hydrogen) atoms. The van der Waals surface area contributed by atoms with Crippen LogP contribution >= 0.6 is 7.59 Å². The van der Waals surface area contributed by atoms with Crippen molar-refractivity contribution >= 4 is 19.0 Å². The number of rotatable bonds is 3. The lowest BCUT2D eigenvalue weighted by Crippen LogP contribution is -2.13. The maximum absolute atomic E-state index is 11.0. The Labute approximate surface area is 81.8 Å². The molecule has 0 spiro atoms. The Morgan fingerprint density at radius 3 is 2.57 bits per heavy atom. The summed E-state index contributed by atoms with van der Waals surface area (Å²) in [7, 11) is -1.64. The number of hydrogen-bond donors (Lipinski definition) is 5. The quantitative estimate of drug-likeness (QED) is 0.291. The highest BCUT2D eigenvalue weighted by Gasteiger charge is 2.08. The van der Waals surface area contributed by atoms with E-state index in [0.717, 1.165) is 0 Å². The van der Waals surface area contributed by atoms with Crippen molar-refractivity contribution in [1.82, 2.24) is 0 Å². The monoisotopic (exact) mass is 216 g/mol. The number of anilines is 2. The Morgan fingerprint density at radius 2 is 2.07 bits per heavy atom. The fourth-order valence-electron chi connectivity index (χ4n) is 1.01. The van der Waals surface area contributed by atoms with Crippen LogP contribution in [0.4, 0.5) is 11.4 Å². The maximum atomic E-state index is 11.0. The molecule has 0 unspecified atom stereocenters. The van der Waals surface area contributed by atoms with Gasteiger partial charge in [-0.05, 0) is 18.2 Å². The molecule has 0 radical (unpaired) electrons. The highest BCUT2D eigenvalue weighted by atomic mass is 31.2. The molecule has 0 amide bonds. The van der Waals surface area contributed by atoms with Crippen LogP contribution in [0.1, 0.15) is 0 Å². The molecule has 1 aromatic carbocycles. The van der Waals surface area contributed by atoms with Gasteiger partial charge in [0.05, 0.1) is 5.69 Å². The molecule has 6 nitrogen and oxygen atoms in total. The Bertz CT molecular complexity index is 376. The maximum Gasteiger partial charge on any atom is 0.298 e. The molecule has 78 valence electrons. The van der Waals surface area contributed by atoms with Gasteiger partial charge in [-0.25, -0.2) is 0 Å². The van der Waals surface area contributed by atoms with Crippen molar-refractivity contribution in [3.05, 3.63) is 18.2 Å². The zero-order valence-corrected chi connectivity index (χ0v) is 8.58. The van der Waals surface area contributed by atoms with E-state index in [0.29, 0.717) is 11.4 Å². The Hall–Kier alpha value is -1.23. The second-order valence-electron chi connectivity index (χ2n) is 2.80. The lowest BCUT2D eigenvalue weighted by atomic mass is 10.2. The SMILES string of the molecule is CNc1cc(NP(N)(N)=O)ccc1O. The van der Waals surface area contributed by atoms with Crippen LogP contribution in [-0.4, -0.2) is 12.2 Å². The van der Waals surface area contributed by atoms with Gasteiger partial charge in [0.2, 0.25) is 0 Å². The molecule has 0 heterocycles. The number of phenols is 1. The summed E-state index contributed by atoms with van der Waals surface area (Å²) in [6, 6.07) is 4.54. The Morgan fingerprint density at radius 1 is 1.43 bits per heavy atom. The summed E-state index contributed by atoms with van der Waals surface area (Å²) in [4.78, 5) is 0. The summed E-state index contributed by atoms with van der Waals surface area (Å²) in [5.74, 6) is 0.0990. The number of nitrogens with two attached hydrogens (primary N) is 2. The molecule has 0 aliphatic carbocycles. The Balaban J connectivity index is 2.96. The molecule has 0 saturated heterocycles. The standard InChI is InChI=1S/C7H13N4O2P/c1-10-6-4-5(2-3-7(6)12)11-14(8,9)13/h2-4,10,12H,1H3,(H5,8,9,11,13). The van der Waals surface area contributed by atoms with Gasteiger partial charge in [-0.2, -0.15) is 0 Å². The first kappa shape index (κ1) is 10.8. The number of hydrogen-bond acceptors (Lipinski definition) is 3. The van der Waals surface area contributed by atoms with Gasteiger partial charge in [0.1, 0.15) is 5.75 Å². The van der Waals surface area contributed by atoms with Crippen molar-refractivity contribution in [3.8, 4) is 5.75 Å². The van der Waals surface area contributed by atoms with Gasteiger partial charge in [-0.1, -0.05) is 0 Å². The largest absolute Gasteiger partial charge is 0.506 e. The van der Waals surface area contributed by atoms with Crippen molar-refractivity contribution in [3.63, 3.8) is 0 Å². The average molecular weight is 216 g/mol. The first-order valence-electron chi connectivity index (χ1n) is 3.88. The van der Waals surface area contributed by atoms with Crippen LogP contribution < -0.4 is 21.4 Å². The van der Waals surface area contributed by atoms with Crippen molar-refractivity contribution < 1.29 is 9.67 Å². The Kier molecular flexibility index (Phi) is 3.00. The normalized spacial score (nSPS) is 11.1. The highest BCUT2D eigenvalue weighted by molar-refractivity contribution is 7.60. The smallest absolute Gasteiger partial charge is 0.298 e. The predicted molar refractivity (Wildman–Crippen MR) is 57.3 cm³/mol. The molecule has 7 N–H and O–H groups in total. The first-order chi connectivity index (χ1) is 6.42. The van der Waals surface area contributed by atoms with Crippen molar-refractivity contribution in [2.24, 2.45) is 11.0 Å². The number of phenolic OH excluding ortho intramolecular Hbond substituents is 1. The third-order valence-corrected chi connectivity index (χ3v) is 2.18. The summed E-state index contributed by atoms with van der Waals surface area (Å²) in [6.07, 6.45) is 0. The van der Waals surface area contributed by atoms with Gasteiger partial charge < -0.3 is 15.5 Å². The summed E-state index contributed by atoms with van der Waals surface area (Å²) in [5.41, 5.74) is 11.3. The number of nitrogens with one attached hydrogen (secondary N) is 2. The minimum absolute atomic E-state index is 0.0990. The van der Waals surface area contributed by atoms with Gasteiger partial charge in [-0.15, -0.1) is 0 Å². The van der Waals surface area contributed by atoms with Gasteiger partial charge >= 0.3 is 0 Å². The molecule has 1 rings (SSSR count). The summed E-state index contributed by atoms with van der Waals surface area (Å²) >= 11 is 0. The van der Waals surface area contributed by atoms with Gasteiger partial charge in [0.15, 0.2) is 0 Å². The van der Waals surface area contributed by atoms with E-state index in [9.17, 15) is 9.67 Å². The van der Waals surface area contributed by atoms with Crippen LogP contribution in [0.3, 0.4) is 0 Å². The second-order valence-corrected chi connectivity index (χ2v) is 4.45. The highest BCUT2D eigenvalue weighted by Crippen LogP contribution is 2.32. The number of aromatic hydroxyl groups is 1. The van der Waals surface area contributed by atoms with E-state index in [2.05, 4.69) is 10.4 Å². The zero-order chi connectivity index (χ0) is 10.8. The number of benzene rings is 1. The summed E-state index contributed by atoms with van der Waals surface area (Å²) in [5, 5.41) is 14.5. The fraction of sp³-hybridized carbons (Fsp3) is 0.143. The fourth-order valence-corrected chi connectivity index (χ4v) is 1.55. The molecule has 1 aromatic rings. The van der Waals surface area contributed by atoms with E-state index in [-0.39, 0.29) is 5.75 Å². The molecule has 7 heteroatoms. The minimum atomic E-state index is -3.29. The van der Waals surface area contributed by atoms with E-state index in [4.69, 9.17) is 11.0 Å². The average Bonchev–Trinajstić information content (AvgIpc) is 2.06. The molecule has 0 aliphatic heterocycles. The van der Waals surface area contributed by atoms with Crippen LogP contribution in [0.15, 0.2) is 18.2 Å². The molecule has 0 aromatic heterocycles. The molecule has 0 fully saturated rings. The van der Waals surface area contributed by atoms with Gasteiger partial charge in [0, 0.05) is 12.7 Å². The molecule has 0 aliphatic rings. The first-order valence-corrected chi connectivity index (χ1v) is 5.73. The van der Waals surface area contributed by atoms with Crippen LogP contribution in [0, 0.1) is 0 Å². The van der Waals surface area contributed by atoms with E-state index in [1.54, 1.807) is 13.1 Å². The van der Waals surface area contributed by atoms with Gasteiger partial charge in [-0.3, -0.25) is 15.6 Å². The third-order valence-electron chi connectivity index (χ3n) is 1.57.